The first-order valence-corrected chi connectivity index (χ1v) is 5.26. The Bertz CT molecular complexity index is 177. The summed E-state index contributed by atoms with van der Waals surface area (Å²) in [4.78, 5) is 10.5. The van der Waals surface area contributed by atoms with Crippen molar-refractivity contribution in [3.05, 3.63) is 0 Å². The SMILES string of the molecule is CC(=O)NCOCC1CCC(N)CC1. The van der Waals surface area contributed by atoms with Gasteiger partial charge in [-0.05, 0) is 31.6 Å². The number of rotatable bonds is 4. The minimum absolute atomic E-state index is 0.0457. The van der Waals surface area contributed by atoms with Crippen LogP contribution < -0.4 is 11.1 Å². The maximum absolute atomic E-state index is 10.5. The van der Waals surface area contributed by atoms with E-state index in [1.165, 1.54) is 6.92 Å². The predicted molar refractivity (Wildman–Crippen MR) is 54.6 cm³/mol. The monoisotopic (exact) mass is 200 g/mol. The summed E-state index contributed by atoms with van der Waals surface area (Å²) >= 11 is 0. The van der Waals surface area contributed by atoms with Crippen molar-refractivity contribution >= 4 is 5.91 Å². The normalized spacial score (nSPS) is 27.3. The molecule has 82 valence electrons. The van der Waals surface area contributed by atoms with Crippen molar-refractivity contribution in [1.82, 2.24) is 5.32 Å². The van der Waals surface area contributed by atoms with Gasteiger partial charge >= 0.3 is 0 Å². The zero-order valence-corrected chi connectivity index (χ0v) is 8.79. The lowest BCUT2D eigenvalue weighted by Crippen LogP contribution is -2.30. The summed E-state index contributed by atoms with van der Waals surface area (Å²) in [5.41, 5.74) is 5.79. The Kier molecular flexibility index (Phi) is 4.90. The predicted octanol–water partition coefficient (Wildman–Crippen LogP) is 0.614. The molecule has 0 bridgehead atoms. The molecule has 0 spiro atoms. The van der Waals surface area contributed by atoms with Gasteiger partial charge < -0.3 is 15.8 Å². The van der Waals surface area contributed by atoms with Gasteiger partial charge in [-0.15, -0.1) is 0 Å². The average Bonchev–Trinajstić information content (AvgIpc) is 2.15. The van der Waals surface area contributed by atoms with Gasteiger partial charge in [0.1, 0.15) is 6.73 Å². The van der Waals surface area contributed by atoms with E-state index in [2.05, 4.69) is 5.32 Å². The van der Waals surface area contributed by atoms with Crippen LogP contribution in [-0.2, 0) is 9.53 Å². The molecule has 0 saturated heterocycles. The number of ether oxygens (including phenoxy) is 1. The summed E-state index contributed by atoms with van der Waals surface area (Å²) in [5, 5.41) is 2.61. The zero-order valence-electron chi connectivity index (χ0n) is 8.79. The van der Waals surface area contributed by atoms with Gasteiger partial charge in [-0.25, -0.2) is 0 Å². The van der Waals surface area contributed by atoms with E-state index in [1.54, 1.807) is 0 Å². The Morgan fingerprint density at radius 2 is 2.07 bits per heavy atom. The standard InChI is InChI=1S/C10H20N2O2/c1-8(13)12-7-14-6-9-2-4-10(11)5-3-9/h9-10H,2-7,11H2,1H3,(H,12,13). The molecule has 0 aromatic rings. The summed E-state index contributed by atoms with van der Waals surface area (Å²) in [7, 11) is 0. The fourth-order valence-corrected chi connectivity index (χ4v) is 1.73. The molecular weight excluding hydrogens is 180 g/mol. The van der Waals surface area contributed by atoms with Crippen LogP contribution in [0, 0.1) is 5.92 Å². The first kappa shape index (κ1) is 11.5. The molecule has 0 aromatic heterocycles. The Morgan fingerprint density at radius 1 is 1.43 bits per heavy atom. The molecule has 0 heterocycles. The Hall–Kier alpha value is -0.610. The molecule has 1 aliphatic carbocycles. The van der Waals surface area contributed by atoms with E-state index >= 15 is 0 Å². The van der Waals surface area contributed by atoms with Gasteiger partial charge in [0.15, 0.2) is 0 Å². The number of nitrogens with one attached hydrogen (secondary N) is 1. The van der Waals surface area contributed by atoms with Crippen molar-refractivity contribution in [3.63, 3.8) is 0 Å². The smallest absolute Gasteiger partial charge is 0.218 e. The van der Waals surface area contributed by atoms with Crippen molar-refractivity contribution in [3.8, 4) is 0 Å². The molecule has 1 aliphatic rings. The van der Waals surface area contributed by atoms with Gasteiger partial charge in [0.2, 0.25) is 5.91 Å². The van der Waals surface area contributed by atoms with Gasteiger partial charge in [0, 0.05) is 13.0 Å². The lowest BCUT2D eigenvalue weighted by atomic mass is 9.87. The van der Waals surface area contributed by atoms with Crippen LogP contribution in [0.25, 0.3) is 0 Å². The van der Waals surface area contributed by atoms with Crippen LogP contribution in [0.2, 0.25) is 0 Å². The minimum Gasteiger partial charge on any atom is -0.361 e. The molecule has 1 saturated carbocycles. The maximum Gasteiger partial charge on any atom is 0.218 e. The van der Waals surface area contributed by atoms with E-state index in [1.807, 2.05) is 0 Å². The van der Waals surface area contributed by atoms with Gasteiger partial charge in [0.05, 0.1) is 6.61 Å². The molecule has 0 atom stereocenters. The number of hydrogen-bond donors (Lipinski definition) is 2. The second-order valence-corrected chi connectivity index (χ2v) is 4.03. The zero-order chi connectivity index (χ0) is 10.4. The van der Waals surface area contributed by atoms with Crippen LogP contribution in [0.15, 0.2) is 0 Å². The first-order valence-electron chi connectivity index (χ1n) is 5.26. The molecule has 3 N–H and O–H groups in total. The largest absolute Gasteiger partial charge is 0.361 e. The van der Waals surface area contributed by atoms with Crippen LogP contribution in [0.5, 0.6) is 0 Å². The average molecular weight is 200 g/mol. The van der Waals surface area contributed by atoms with Crippen LogP contribution >= 0.6 is 0 Å². The van der Waals surface area contributed by atoms with Crippen molar-refractivity contribution in [2.24, 2.45) is 11.7 Å². The molecule has 0 aliphatic heterocycles. The Labute approximate surface area is 85.2 Å². The quantitative estimate of drug-likeness (QED) is 0.516. The summed E-state index contributed by atoms with van der Waals surface area (Å²) in [6, 6.07) is 0.390. The third-order valence-corrected chi connectivity index (χ3v) is 2.67. The summed E-state index contributed by atoms with van der Waals surface area (Å²) in [6.07, 6.45) is 4.52. The van der Waals surface area contributed by atoms with Gasteiger partial charge in [-0.3, -0.25) is 4.79 Å². The van der Waals surface area contributed by atoms with Crippen LogP contribution in [0.3, 0.4) is 0 Å². The molecule has 0 aromatic carbocycles. The van der Waals surface area contributed by atoms with Crippen molar-refractivity contribution < 1.29 is 9.53 Å². The molecule has 4 nitrogen and oxygen atoms in total. The van der Waals surface area contributed by atoms with E-state index in [-0.39, 0.29) is 5.91 Å². The fraction of sp³-hybridized carbons (Fsp3) is 0.900. The molecule has 1 rings (SSSR count). The van der Waals surface area contributed by atoms with Crippen LogP contribution in [-0.4, -0.2) is 25.3 Å². The van der Waals surface area contributed by atoms with Gasteiger partial charge in [-0.2, -0.15) is 0 Å². The minimum atomic E-state index is -0.0457. The fourth-order valence-electron chi connectivity index (χ4n) is 1.73. The van der Waals surface area contributed by atoms with E-state index in [4.69, 9.17) is 10.5 Å². The van der Waals surface area contributed by atoms with Crippen molar-refractivity contribution in [1.29, 1.82) is 0 Å². The van der Waals surface area contributed by atoms with E-state index in [9.17, 15) is 4.79 Å². The highest BCUT2D eigenvalue weighted by molar-refractivity contribution is 5.72. The number of nitrogens with two attached hydrogens (primary N) is 1. The lowest BCUT2D eigenvalue weighted by Gasteiger charge is -2.25. The Morgan fingerprint density at radius 3 is 2.64 bits per heavy atom. The van der Waals surface area contributed by atoms with Crippen molar-refractivity contribution in [2.75, 3.05) is 13.3 Å². The molecule has 4 heteroatoms. The number of hydrogen-bond acceptors (Lipinski definition) is 3. The third kappa shape index (κ3) is 4.58. The molecule has 0 radical (unpaired) electrons. The summed E-state index contributed by atoms with van der Waals surface area (Å²) in [6.45, 7) is 2.56. The van der Waals surface area contributed by atoms with E-state index in [0.29, 0.717) is 18.7 Å². The summed E-state index contributed by atoms with van der Waals surface area (Å²) < 4.78 is 5.35. The topological polar surface area (TPSA) is 64.3 Å². The molecular formula is C10H20N2O2. The number of carbonyl (C=O) groups is 1. The maximum atomic E-state index is 10.5. The van der Waals surface area contributed by atoms with Gasteiger partial charge in [-0.1, -0.05) is 0 Å². The highest BCUT2D eigenvalue weighted by Gasteiger charge is 2.18. The lowest BCUT2D eigenvalue weighted by molar-refractivity contribution is -0.120. The third-order valence-electron chi connectivity index (χ3n) is 2.67. The van der Waals surface area contributed by atoms with Crippen LogP contribution in [0.1, 0.15) is 32.6 Å². The molecule has 0 unspecified atom stereocenters. The number of carbonyl (C=O) groups excluding carboxylic acids is 1. The Balaban J connectivity index is 1.99. The second kappa shape index (κ2) is 5.98. The second-order valence-electron chi connectivity index (χ2n) is 4.03. The number of amides is 1. The molecule has 14 heavy (non-hydrogen) atoms. The highest BCUT2D eigenvalue weighted by atomic mass is 16.5. The van der Waals surface area contributed by atoms with E-state index < -0.39 is 0 Å². The van der Waals surface area contributed by atoms with Gasteiger partial charge in [0.25, 0.3) is 0 Å². The van der Waals surface area contributed by atoms with Crippen molar-refractivity contribution in [2.45, 2.75) is 38.6 Å². The molecule has 1 amide bonds. The van der Waals surface area contributed by atoms with Crippen LogP contribution in [0.4, 0.5) is 0 Å². The molecule has 1 fully saturated rings. The summed E-state index contributed by atoms with van der Waals surface area (Å²) in [5.74, 6) is 0.583. The first-order chi connectivity index (χ1) is 6.68. The van der Waals surface area contributed by atoms with E-state index in [0.717, 1.165) is 32.3 Å². The highest BCUT2D eigenvalue weighted by Crippen LogP contribution is 2.22.